The summed E-state index contributed by atoms with van der Waals surface area (Å²) in [7, 11) is 0. The van der Waals surface area contributed by atoms with Crippen LogP contribution in [0.15, 0.2) is 41.2 Å². The Hall–Kier alpha value is -2.95. The van der Waals surface area contributed by atoms with Crippen LogP contribution in [0, 0.1) is 26.7 Å². The SMILES string of the molecule is Cc1cc2nc(C)c(=O)n(Cc3ccc(C(=O)NCCC(C)C)cc3)c2cc1C. The molecule has 0 bridgehead atoms. The van der Waals surface area contributed by atoms with Gasteiger partial charge in [-0.15, -0.1) is 0 Å². The standard InChI is InChI=1S/C24H29N3O2/c1-15(2)10-11-25-23(28)20-8-6-19(7-9-20)14-27-22-13-17(4)16(3)12-21(22)26-18(5)24(27)29/h6-9,12-13,15H,10-11,14H2,1-5H3,(H,25,28). The van der Waals surface area contributed by atoms with Crippen molar-refractivity contribution in [2.24, 2.45) is 5.92 Å². The van der Waals surface area contributed by atoms with E-state index in [0.717, 1.165) is 34.1 Å². The second-order valence-electron chi connectivity index (χ2n) is 8.15. The molecule has 0 aliphatic rings. The molecule has 29 heavy (non-hydrogen) atoms. The summed E-state index contributed by atoms with van der Waals surface area (Å²) in [5.74, 6) is 0.493. The average Bonchev–Trinajstić information content (AvgIpc) is 2.67. The lowest BCUT2D eigenvalue weighted by Gasteiger charge is -2.13. The average molecular weight is 392 g/mol. The topological polar surface area (TPSA) is 64.0 Å². The van der Waals surface area contributed by atoms with Crippen LogP contribution < -0.4 is 10.9 Å². The Morgan fingerprint density at radius 3 is 2.38 bits per heavy atom. The smallest absolute Gasteiger partial charge is 0.272 e. The Bertz CT molecular complexity index is 1100. The predicted molar refractivity (Wildman–Crippen MR) is 118 cm³/mol. The fourth-order valence-corrected chi connectivity index (χ4v) is 3.30. The van der Waals surface area contributed by atoms with Crippen molar-refractivity contribution >= 4 is 16.9 Å². The van der Waals surface area contributed by atoms with E-state index in [1.54, 1.807) is 11.5 Å². The maximum absolute atomic E-state index is 12.8. The molecule has 152 valence electrons. The maximum Gasteiger partial charge on any atom is 0.272 e. The van der Waals surface area contributed by atoms with Gasteiger partial charge in [0.05, 0.1) is 17.6 Å². The van der Waals surface area contributed by atoms with Gasteiger partial charge in [0.15, 0.2) is 0 Å². The van der Waals surface area contributed by atoms with Crippen LogP contribution in [0.3, 0.4) is 0 Å². The second kappa shape index (κ2) is 8.60. The van der Waals surface area contributed by atoms with Gasteiger partial charge >= 0.3 is 0 Å². The molecule has 0 atom stereocenters. The van der Waals surface area contributed by atoms with Gasteiger partial charge in [0.25, 0.3) is 11.5 Å². The van der Waals surface area contributed by atoms with Crippen molar-refractivity contribution in [3.8, 4) is 0 Å². The van der Waals surface area contributed by atoms with E-state index >= 15 is 0 Å². The Kier molecular flexibility index (Phi) is 6.16. The monoisotopic (exact) mass is 391 g/mol. The third-order valence-electron chi connectivity index (χ3n) is 5.29. The zero-order valence-corrected chi connectivity index (χ0v) is 17.9. The maximum atomic E-state index is 12.8. The third kappa shape index (κ3) is 4.73. The van der Waals surface area contributed by atoms with Crippen molar-refractivity contribution < 1.29 is 4.79 Å². The molecule has 1 N–H and O–H groups in total. The minimum absolute atomic E-state index is 0.0642. The minimum Gasteiger partial charge on any atom is -0.352 e. The third-order valence-corrected chi connectivity index (χ3v) is 5.29. The summed E-state index contributed by atoms with van der Waals surface area (Å²) in [6.07, 6.45) is 0.958. The van der Waals surface area contributed by atoms with Crippen LogP contribution in [0.5, 0.6) is 0 Å². The number of benzene rings is 2. The van der Waals surface area contributed by atoms with E-state index < -0.39 is 0 Å². The Morgan fingerprint density at radius 1 is 1.07 bits per heavy atom. The quantitative estimate of drug-likeness (QED) is 0.687. The van der Waals surface area contributed by atoms with Crippen molar-refractivity contribution in [1.82, 2.24) is 14.9 Å². The number of carbonyl (C=O) groups excluding carboxylic acids is 1. The fourth-order valence-electron chi connectivity index (χ4n) is 3.30. The summed E-state index contributed by atoms with van der Waals surface area (Å²) >= 11 is 0. The first-order valence-electron chi connectivity index (χ1n) is 10.1. The Morgan fingerprint density at radius 2 is 1.72 bits per heavy atom. The van der Waals surface area contributed by atoms with Gasteiger partial charge in [-0.1, -0.05) is 26.0 Å². The first-order valence-corrected chi connectivity index (χ1v) is 10.1. The number of amides is 1. The molecule has 5 nitrogen and oxygen atoms in total. The van der Waals surface area contributed by atoms with Crippen molar-refractivity contribution in [2.45, 2.75) is 47.6 Å². The highest BCUT2D eigenvalue weighted by Gasteiger charge is 2.11. The van der Waals surface area contributed by atoms with E-state index in [-0.39, 0.29) is 11.5 Å². The van der Waals surface area contributed by atoms with E-state index in [4.69, 9.17) is 0 Å². The van der Waals surface area contributed by atoms with Crippen molar-refractivity contribution in [1.29, 1.82) is 0 Å². The van der Waals surface area contributed by atoms with Gasteiger partial charge in [-0.05, 0) is 74.1 Å². The molecule has 0 saturated carbocycles. The molecule has 0 radical (unpaired) electrons. The highest BCUT2D eigenvalue weighted by atomic mass is 16.1. The number of nitrogens with one attached hydrogen (secondary N) is 1. The number of nitrogens with zero attached hydrogens (tertiary/aromatic N) is 2. The van der Waals surface area contributed by atoms with Gasteiger partial charge in [-0.25, -0.2) is 4.98 Å². The van der Waals surface area contributed by atoms with Crippen LogP contribution >= 0.6 is 0 Å². The van der Waals surface area contributed by atoms with Crippen molar-refractivity contribution in [2.75, 3.05) is 6.54 Å². The van der Waals surface area contributed by atoms with Crippen LogP contribution in [0.2, 0.25) is 0 Å². The molecule has 5 heteroatoms. The summed E-state index contributed by atoms with van der Waals surface area (Å²) in [5, 5.41) is 2.95. The van der Waals surface area contributed by atoms with Gasteiger partial charge in [-0.2, -0.15) is 0 Å². The van der Waals surface area contributed by atoms with Gasteiger partial charge in [0.2, 0.25) is 0 Å². The summed E-state index contributed by atoms with van der Waals surface area (Å²) in [5.41, 5.74) is 5.94. The number of fused-ring (bicyclic) bond motifs is 1. The first kappa shape index (κ1) is 20.8. The van der Waals surface area contributed by atoms with E-state index in [1.165, 1.54) is 0 Å². The number of aryl methyl sites for hydroxylation is 3. The number of hydrogen-bond acceptors (Lipinski definition) is 3. The molecular weight excluding hydrogens is 362 g/mol. The van der Waals surface area contributed by atoms with Gasteiger partial charge in [-0.3, -0.25) is 9.59 Å². The number of aromatic nitrogens is 2. The summed E-state index contributed by atoms with van der Waals surface area (Å²) in [6, 6.07) is 11.5. The zero-order valence-electron chi connectivity index (χ0n) is 17.9. The summed E-state index contributed by atoms with van der Waals surface area (Å²) < 4.78 is 1.77. The number of rotatable bonds is 6. The first-order chi connectivity index (χ1) is 13.8. The number of carbonyl (C=O) groups is 1. The molecule has 0 fully saturated rings. The molecule has 1 amide bonds. The minimum atomic E-state index is -0.0868. The van der Waals surface area contributed by atoms with Crippen molar-refractivity contribution in [3.05, 3.63) is 74.7 Å². The normalized spacial score (nSPS) is 11.2. The Balaban J connectivity index is 1.86. The fraction of sp³-hybridized carbons (Fsp3) is 0.375. The Labute approximate surface area is 171 Å². The van der Waals surface area contributed by atoms with Gasteiger partial charge in [0, 0.05) is 12.1 Å². The van der Waals surface area contributed by atoms with Crippen molar-refractivity contribution in [3.63, 3.8) is 0 Å². The molecule has 0 unspecified atom stereocenters. The van der Waals surface area contributed by atoms with Crippen LogP contribution in [-0.2, 0) is 6.54 Å². The van der Waals surface area contributed by atoms with Gasteiger partial charge in [0.1, 0.15) is 5.69 Å². The second-order valence-corrected chi connectivity index (χ2v) is 8.15. The highest BCUT2D eigenvalue weighted by Crippen LogP contribution is 2.18. The molecule has 1 aromatic heterocycles. The molecule has 0 aliphatic carbocycles. The van der Waals surface area contributed by atoms with Crippen LogP contribution in [0.4, 0.5) is 0 Å². The van der Waals surface area contributed by atoms with E-state index in [2.05, 4.69) is 24.1 Å². The molecule has 0 aliphatic heterocycles. The molecular formula is C24H29N3O2. The van der Waals surface area contributed by atoms with E-state index in [9.17, 15) is 9.59 Å². The molecule has 1 heterocycles. The zero-order chi connectivity index (χ0) is 21.1. The predicted octanol–water partition coefficient (Wildman–Crippen LogP) is 4.15. The lowest BCUT2D eigenvalue weighted by atomic mass is 10.1. The van der Waals surface area contributed by atoms with Crippen LogP contribution in [0.25, 0.3) is 11.0 Å². The molecule has 0 spiro atoms. The lowest BCUT2D eigenvalue weighted by molar-refractivity contribution is 0.0952. The van der Waals surface area contributed by atoms with E-state index in [0.29, 0.717) is 30.3 Å². The van der Waals surface area contributed by atoms with Crippen LogP contribution in [0.1, 0.15) is 53.0 Å². The summed E-state index contributed by atoms with van der Waals surface area (Å²) in [4.78, 5) is 29.5. The summed E-state index contributed by atoms with van der Waals surface area (Å²) in [6.45, 7) is 11.2. The van der Waals surface area contributed by atoms with Gasteiger partial charge < -0.3 is 9.88 Å². The van der Waals surface area contributed by atoms with Crippen LogP contribution in [-0.4, -0.2) is 22.0 Å². The number of hydrogen-bond donors (Lipinski definition) is 1. The largest absolute Gasteiger partial charge is 0.352 e. The molecule has 2 aromatic carbocycles. The highest BCUT2D eigenvalue weighted by molar-refractivity contribution is 5.94. The lowest BCUT2D eigenvalue weighted by Crippen LogP contribution is -2.26. The molecule has 3 rings (SSSR count). The van der Waals surface area contributed by atoms with E-state index in [1.807, 2.05) is 50.2 Å². The molecule has 0 saturated heterocycles. The molecule has 3 aromatic rings.